The van der Waals surface area contributed by atoms with Crippen molar-refractivity contribution >= 4 is 23.2 Å². The summed E-state index contributed by atoms with van der Waals surface area (Å²) in [5, 5.41) is 16.0. The highest BCUT2D eigenvalue weighted by molar-refractivity contribution is 6.33. The molecule has 0 aliphatic heterocycles. The summed E-state index contributed by atoms with van der Waals surface area (Å²) in [5.74, 6) is 1.73. The predicted octanol–water partition coefficient (Wildman–Crippen LogP) is 3.42. The lowest BCUT2D eigenvalue weighted by atomic mass is 10.2. The van der Waals surface area contributed by atoms with Gasteiger partial charge in [0.2, 0.25) is 5.88 Å². The highest BCUT2D eigenvalue weighted by Crippen LogP contribution is 2.27. The van der Waals surface area contributed by atoms with Crippen LogP contribution in [0.4, 0.5) is 0 Å². The van der Waals surface area contributed by atoms with Gasteiger partial charge in [0.1, 0.15) is 6.61 Å². The first-order valence-corrected chi connectivity index (χ1v) is 10.7. The molecule has 9 nitrogen and oxygen atoms in total. The highest BCUT2D eigenvalue weighted by Gasteiger charge is 2.13. The van der Waals surface area contributed by atoms with E-state index in [0.29, 0.717) is 40.5 Å². The molecule has 170 valence electrons. The molecule has 0 aliphatic rings. The molecule has 2 heterocycles. The van der Waals surface area contributed by atoms with Crippen molar-refractivity contribution in [2.45, 2.75) is 6.92 Å². The SMILES string of the molecule is CCOc1ccccc1OCC(=O)NCCOc1ccc2nnc(-c3ccccc3Cl)n2n1. The molecule has 0 atom stereocenters. The van der Waals surface area contributed by atoms with Crippen LogP contribution in [-0.2, 0) is 4.79 Å². The Morgan fingerprint density at radius 2 is 1.73 bits per heavy atom. The van der Waals surface area contributed by atoms with E-state index in [1.165, 1.54) is 0 Å². The molecular formula is C23H22ClN5O4. The van der Waals surface area contributed by atoms with E-state index in [1.54, 1.807) is 34.8 Å². The maximum Gasteiger partial charge on any atom is 0.258 e. The van der Waals surface area contributed by atoms with E-state index in [0.717, 1.165) is 5.56 Å². The van der Waals surface area contributed by atoms with Crippen molar-refractivity contribution in [1.82, 2.24) is 25.1 Å². The Morgan fingerprint density at radius 1 is 0.970 bits per heavy atom. The fraction of sp³-hybridized carbons (Fsp3) is 0.217. The van der Waals surface area contributed by atoms with Gasteiger partial charge in [-0.2, -0.15) is 4.52 Å². The third kappa shape index (κ3) is 5.50. The lowest BCUT2D eigenvalue weighted by molar-refractivity contribution is -0.123. The quantitative estimate of drug-likeness (QED) is 0.357. The number of nitrogens with zero attached hydrogens (tertiary/aromatic N) is 4. The van der Waals surface area contributed by atoms with Crippen LogP contribution in [0.15, 0.2) is 60.7 Å². The monoisotopic (exact) mass is 467 g/mol. The zero-order valence-electron chi connectivity index (χ0n) is 17.9. The van der Waals surface area contributed by atoms with Gasteiger partial charge >= 0.3 is 0 Å². The molecule has 0 saturated carbocycles. The molecule has 2 aromatic heterocycles. The maximum absolute atomic E-state index is 12.1. The smallest absolute Gasteiger partial charge is 0.258 e. The van der Waals surface area contributed by atoms with Gasteiger partial charge in [0.15, 0.2) is 29.6 Å². The van der Waals surface area contributed by atoms with Crippen molar-refractivity contribution in [3.8, 4) is 28.8 Å². The Hall–Kier alpha value is -3.85. The number of rotatable bonds is 10. The molecule has 0 saturated heterocycles. The van der Waals surface area contributed by atoms with E-state index < -0.39 is 0 Å². The molecule has 0 spiro atoms. The number of fused-ring (bicyclic) bond motifs is 1. The summed E-state index contributed by atoms with van der Waals surface area (Å²) >= 11 is 6.28. The molecule has 1 amide bonds. The summed E-state index contributed by atoms with van der Waals surface area (Å²) in [6.07, 6.45) is 0. The average Bonchev–Trinajstić information content (AvgIpc) is 3.25. The van der Waals surface area contributed by atoms with Crippen LogP contribution in [-0.4, -0.2) is 52.1 Å². The van der Waals surface area contributed by atoms with Gasteiger partial charge in [0.25, 0.3) is 5.91 Å². The van der Waals surface area contributed by atoms with Crippen LogP contribution in [0.1, 0.15) is 6.92 Å². The molecular weight excluding hydrogens is 446 g/mol. The van der Waals surface area contributed by atoms with Gasteiger partial charge in [-0.15, -0.1) is 15.3 Å². The summed E-state index contributed by atoms with van der Waals surface area (Å²) < 4.78 is 18.3. The van der Waals surface area contributed by atoms with Gasteiger partial charge < -0.3 is 19.5 Å². The first-order chi connectivity index (χ1) is 16.2. The number of hydrogen-bond acceptors (Lipinski definition) is 7. The fourth-order valence-corrected chi connectivity index (χ4v) is 3.26. The largest absolute Gasteiger partial charge is 0.490 e. The van der Waals surface area contributed by atoms with Crippen LogP contribution in [0.2, 0.25) is 5.02 Å². The number of para-hydroxylation sites is 2. The predicted molar refractivity (Wildman–Crippen MR) is 123 cm³/mol. The Bertz CT molecular complexity index is 1250. The van der Waals surface area contributed by atoms with Gasteiger partial charge in [-0.25, -0.2) is 0 Å². The summed E-state index contributed by atoms with van der Waals surface area (Å²) in [4.78, 5) is 12.1. The zero-order chi connectivity index (χ0) is 23.0. The molecule has 0 fully saturated rings. The zero-order valence-corrected chi connectivity index (χ0v) is 18.7. The van der Waals surface area contributed by atoms with Crippen molar-refractivity contribution < 1.29 is 19.0 Å². The second-order valence-electron chi connectivity index (χ2n) is 6.81. The molecule has 4 aromatic rings. The lowest BCUT2D eigenvalue weighted by Crippen LogP contribution is -2.32. The van der Waals surface area contributed by atoms with Crippen molar-refractivity contribution in [2.75, 3.05) is 26.4 Å². The number of benzene rings is 2. The summed E-state index contributed by atoms with van der Waals surface area (Å²) in [6, 6.07) is 18.0. The number of carbonyl (C=O) groups excluding carboxylic acids is 1. The number of ether oxygens (including phenoxy) is 3. The van der Waals surface area contributed by atoms with Crippen molar-refractivity contribution in [1.29, 1.82) is 0 Å². The van der Waals surface area contributed by atoms with Gasteiger partial charge in [0, 0.05) is 11.6 Å². The van der Waals surface area contributed by atoms with Crippen LogP contribution < -0.4 is 19.5 Å². The second kappa shape index (κ2) is 10.6. The van der Waals surface area contributed by atoms with E-state index in [1.807, 2.05) is 37.3 Å². The van der Waals surface area contributed by atoms with E-state index >= 15 is 0 Å². The van der Waals surface area contributed by atoms with Crippen LogP contribution in [0.3, 0.4) is 0 Å². The molecule has 0 radical (unpaired) electrons. The average molecular weight is 468 g/mol. The Morgan fingerprint density at radius 3 is 2.52 bits per heavy atom. The molecule has 4 rings (SSSR count). The molecule has 10 heteroatoms. The minimum absolute atomic E-state index is 0.129. The first-order valence-electron chi connectivity index (χ1n) is 10.4. The number of halogens is 1. The van der Waals surface area contributed by atoms with E-state index in [-0.39, 0.29) is 25.7 Å². The van der Waals surface area contributed by atoms with E-state index in [9.17, 15) is 4.79 Å². The van der Waals surface area contributed by atoms with Crippen LogP contribution in [0.25, 0.3) is 17.0 Å². The third-order valence-corrected chi connectivity index (χ3v) is 4.86. The Kier molecular flexibility index (Phi) is 7.21. The molecule has 2 aromatic carbocycles. The van der Waals surface area contributed by atoms with Gasteiger partial charge in [-0.3, -0.25) is 4.79 Å². The van der Waals surface area contributed by atoms with Gasteiger partial charge in [-0.05, 0) is 37.3 Å². The van der Waals surface area contributed by atoms with Gasteiger partial charge in [0.05, 0.1) is 18.2 Å². The van der Waals surface area contributed by atoms with Crippen molar-refractivity contribution in [3.63, 3.8) is 0 Å². The Balaban J connectivity index is 1.29. The topological polar surface area (TPSA) is 99.9 Å². The normalized spacial score (nSPS) is 10.7. The number of amides is 1. The minimum Gasteiger partial charge on any atom is -0.490 e. The number of hydrogen-bond donors (Lipinski definition) is 1. The summed E-state index contributed by atoms with van der Waals surface area (Å²) in [6.45, 7) is 2.78. The second-order valence-corrected chi connectivity index (χ2v) is 7.22. The van der Waals surface area contributed by atoms with E-state index in [2.05, 4.69) is 20.6 Å². The maximum atomic E-state index is 12.1. The van der Waals surface area contributed by atoms with Gasteiger partial charge in [-0.1, -0.05) is 35.9 Å². The standard InChI is InChI=1S/C23H22ClN5O4/c1-2-31-18-9-5-6-10-19(18)33-15-21(30)25-13-14-32-22-12-11-20-26-27-23(29(20)28-22)16-7-3-4-8-17(16)24/h3-12H,2,13-15H2,1H3,(H,25,30). The third-order valence-electron chi connectivity index (χ3n) is 4.54. The first kappa shape index (κ1) is 22.3. The van der Waals surface area contributed by atoms with Crippen LogP contribution in [0.5, 0.6) is 17.4 Å². The van der Waals surface area contributed by atoms with Crippen molar-refractivity contribution in [2.24, 2.45) is 0 Å². The molecule has 0 aliphatic carbocycles. The van der Waals surface area contributed by atoms with Crippen LogP contribution in [0, 0.1) is 0 Å². The summed E-state index contributed by atoms with van der Waals surface area (Å²) in [5.41, 5.74) is 1.28. The highest BCUT2D eigenvalue weighted by atomic mass is 35.5. The number of aromatic nitrogens is 4. The summed E-state index contributed by atoms with van der Waals surface area (Å²) in [7, 11) is 0. The Labute approximate surface area is 195 Å². The molecule has 33 heavy (non-hydrogen) atoms. The fourth-order valence-electron chi connectivity index (χ4n) is 3.04. The van der Waals surface area contributed by atoms with Crippen LogP contribution >= 0.6 is 11.6 Å². The number of carbonyl (C=O) groups is 1. The van der Waals surface area contributed by atoms with E-state index in [4.69, 9.17) is 25.8 Å². The molecule has 1 N–H and O–H groups in total. The molecule has 0 unspecified atom stereocenters. The minimum atomic E-state index is -0.270. The molecule has 0 bridgehead atoms. The number of nitrogens with one attached hydrogen (secondary N) is 1. The lowest BCUT2D eigenvalue weighted by Gasteiger charge is -2.12. The van der Waals surface area contributed by atoms with Crippen molar-refractivity contribution in [3.05, 3.63) is 65.7 Å².